The number of halogens is 3. The van der Waals surface area contributed by atoms with E-state index in [4.69, 9.17) is 4.74 Å². The molecule has 0 spiro atoms. The topological polar surface area (TPSA) is 93.0 Å². The van der Waals surface area contributed by atoms with E-state index in [1.54, 1.807) is 9.80 Å². The van der Waals surface area contributed by atoms with Gasteiger partial charge in [-0.1, -0.05) is 6.92 Å². The Morgan fingerprint density at radius 3 is 2.31 bits per heavy atom. The van der Waals surface area contributed by atoms with Crippen LogP contribution in [0.25, 0.3) is 0 Å². The van der Waals surface area contributed by atoms with Gasteiger partial charge in [0.2, 0.25) is 0 Å². The van der Waals surface area contributed by atoms with Crippen molar-refractivity contribution < 1.29 is 32.4 Å². The zero-order valence-corrected chi connectivity index (χ0v) is 17.8. The molecule has 0 aliphatic carbocycles. The van der Waals surface area contributed by atoms with E-state index >= 15 is 0 Å². The largest absolute Gasteiger partial charge is 0.455 e. The summed E-state index contributed by atoms with van der Waals surface area (Å²) < 4.78 is 43.9. The summed E-state index contributed by atoms with van der Waals surface area (Å²) in [4.78, 5) is 38.4. The minimum Gasteiger partial charge on any atom is -0.455 e. The molecule has 2 fully saturated rings. The number of ether oxygens (including phenoxy) is 1. The Balaban J connectivity index is 1.54. The number of likely N-dealkylation sites (tertiary alicyclic amines) is 1. The van der Waals surface area contributed by atoms with Crippen LogP contribution in [0, 0.1) is 22.0 Å². The van der Waals surface area contributed by atoms with Crippen molar-refractivity contribution in [2.75, 3.05) is 37.7 Å². The fraction of sp³-hybridized carbons (Fsp3) is 0.619. The molecule has 2 saturated heterocycles. The number of rotatable bonds is 5. The Labute approximate surface area is 183 Å². The third-order valence-electron chi connectivity index (χ3n) is 6.14. The number of hydrogen-bond acceptors (Lipinski definition) is 6. The van der Waals surface area contributed by atoms with Crippen molar-refractivity contribution in [1.82, 2.24) is 4.90 Å². The average molecular weight is 457 g/mol. The molecule has 0 N–H and O–H groups in total. The van der Waals surface area contributed by atoms with Gasteiger partial charge in [-0.25, -0.2) is 0 Å². The Bertz CT molecular complexity index is 861. The third-order valence-corrected chi connectivity index (χ3v) is 6.14. The van der Waals surface area contributed by atoms with E-state index in [0.717, 1.165) is 25.0 Å². The number of carbonyl (C=O) groups is 2. The maximum Gasteiger partial charge on any atom is 0.416 e. The van der Waals surface area contributed by atoms with Gasteiger partial charge in [-0.3, -0.25) is 19.7 Å². The van der Waals surface area contributed by atoms with Gasteiger partial charge in [0.05, 0.1) is 16.4 Å². The summed E-state index contributed by atoms with van der Waals surface area (Å²) in [6, 6.07) is 2.44. The van der Waals surface area contributed by atoms with Crippen molar-refractivity contribution in [3.05, 3.63) is 33.9 Å². The van der Waals surface area contributed by atoms with Crippen LogP contribution >= 0.6 is 0 Å². The molecule has 0 bridgehead atoms. The second-order valence-corrected chi connectivity index (χ2v) is 8.39. The zero-order valence-electron chi connectivity index (χ0n) is 17.8. The van der Waals surface area contributed by atoms with Crippen LogP contribution in [0.3, 0.4) is 0 Å². The van der Waals surface area contributed by atoms with Gasteiger partial charge in [-0.05, 0) is 43.7 Å². The minimum absolute atomic E-state index is 0.0873. The summed E-state index contributed by atoms with van der Waals surface area (Å²) >= 11 is 0. The van der Waals surface area contributed by atoms with Crippen LogP contribution in [-0.2, 0) is 20.5 Å². The quantitative estimate of drug-likeness (QED) is 0.381. The summed E-state index contributed by atoms with van der Waals surface area (Å²) in [5.74, 6) is -0.602. The van der Waals surface area contributed by atoms with Crippen molar-refractivity contribution in [3.63, 3.8) is 0 Å². The molecule has 176 valence electrons. The van der Waals surface area contributed by atoms with Crippen LogP contribution < -0.4 is 4.90 Å². The van der Waals surface area contributed by atoms with E-state index in [-0.39, 0.29) is 31.3 Å². The molecule has 2 aliphatic rings. The summed E-state index contributed by atoms with van der Waals surface area (Å²) in [5.41, 5.74) is -1.62. The van der Waals surface area contributed by atoms with E-state index in [9.17, 15) is 32.9 Å². The van der Waals surface area contributed by atoms with Crippen LogP contribution in [0.5, 0.6) is 0 Å². The molecule has 0 radical (unpaired) electrons. The fourth-order valence-electron chi connectivity index (χ4n) is 4.07. The number of piperidine rings is 2. The van der Waals surface area contributed by atoms with Crippen molar-refractivity contribution in [3.8, 4) is 0 Å². The van der Waals surface area contributed by atoms with Crippen LogP contribution in [0.1, 0.15) is 38.2 Å². The first kappa shape index (κ1) is 23.8. The lowest BCUT2D eigenvalue weighted by Crippen LogP contribution is -2.41. The second kappa shape index (κ2) is 9.74. The highest BCUT2D eigenvalue weighted by atomic mass is 19.4. The smallest absolute Gasteiger partial charge is 0.416 e. The van der Waals surface area contributed by atoms with Gasteiger partial charge in [0.15, 0.2) is 6.61 Å². The Morgan fingerprint density at radius 2 is 1.75 bits per heavy atom. The van der Waals surface area contributed by atoms with Gasteiger partial charge >= 0.3 is 12.1 Å². The number of benzene rings is 1. The number of esters is 1. The fourth-order valence-corrected chi connectivity index (χ4v) is 4.07. The van der Waals surface area contributed by atoms with Gasteiger partial charge in [-0.15, -0.1) is 0 Å². The number of alkyl halides is 3. The first-order valence-corrected chi connectivity index (χ1v) is 10.6. The lowest BCUT2D eigenvalue weighted by Gasteiger charge is -2.33. The maximum atomic E-state index is 12.9. The van der Waals surface area contributed by atoms with E-state index in [2.05, 4.69) is 6.92 Å². The molecule has 11 heteroatoms. The number of amides is 1. The number of hydrogen-bond donors (Lipinski definition) is 0. The molecule has 32 heavy (non-hydrogen) atoms. The number of anilines is 1. The summed E-state index contributed by atoms with van der Waals surface area (Å²) in [6.07, 6.45) is -2.18. The van der Waals surface area contributed by atoms with E-state index in [0.29, 0.717) is 37.9 Å². The highest BCUT2D eigenvalue weighted by molar-refractivity contribution is 5.81. The Hall–Kier alpha value is -2.85. The average Bonchev–Trinajstić information content (AvgIpc) is 2.76. The molecule has 8 nitrogen and oxygen atoms in total. The Morgan fingerprint density at radius 1 is 1.12 bits per heavy atom. The maximum absolute atomic E-state index is 12.9. The number of nitro groups is 1. The van der Waals surface area contributed by atoms with Gasteiger partial charge in [0.25, 0.3) is 11.6 Å². The summed E-state index contributed by atoms with van der Waals surface area (Å²) in [7, 11) is 0. The van der Waals surface area contributed by atoms with Gasteiger partial charge in [0.1, 0.15) is 5.69 Å². The molecule has 2 aliphatic heterocycles. The first-order chi connectivity index (χ1) is 15.1. The number of nitro benzene ring substituents is 1. The molecule has 1 aromatic rings. The summed E-state index contributed by atoms with van der Waals surface area (Å²) in [6.45, 7) is 3.64. The van der Waals surface area contributed by atoms with Gasteiger partial charge in [-0.2, -0.15) is 13.2 Å². The molecule has 0 unspecified atom stereocenters. The predicted octanol–water partition coefficient (Wildman–Crippen LogP) is 3.63. The molecular weight excluding hydrogens is 431 g/mol. The van der Waals surface area contributed by atoms with Crippen LogP contribution in [0.4, 0.5) is 24.5 Å². The molecule has 0 saturated carbocycles. The predicted molar refractivity (Wildman–Crippen MR) is 109 cm³/mol. The monoisotopic (exact) mass is 457 g/mol. The molecule has 0 atom stereocenters. The highest BCUT2D eigenvalue weighted by Crippen LogP contribution is 2.37. The third kappa shape index (κ3) is 5.68. The Kier molecular flexibility index (Phi) is 7.25. The minimum atomic E-state index is -4.68. The zero-order chi connectivity index (χ0) is 23.5. The van der Waals surface area contributed by atoms with Crippen LogP contribution in [-0.4, -0.2) is 54.5 Å². The van der Waals surface area contributed by atoms with Crippen LogP contribution in [0.15, 0.2) is 18.2 Å². The molecule has 1 aromatic carbocycles. The van der Waals surface area contributed by atoms with Crippen molar-refractivity contribution >= 4 is 23.3 Å². The first-order valence-electron chi connectivity index (χ1n) is 10.6. The SMILES string of the molecule is CC1CCN(C(=O)COC(=O)C2CCN(c3ccc(C(F)(F)F)cc3[N+](=O)[O-])CC2)CC1. The normalized spacial score (nSPS) is 18.5. The van der Waals surface area contributed by atoms with E-state index in [1.807, 2.05) is 0 Å². The second-order valence-electron chi connectivity index (χ2n) is 8.39. The lowest BCUT2D eigenvalue weighted by molar-refractivity contribution is -0.384. The van der Waals surface area contributed by atoms with Crippen molar-refractivity contribution in [1.29, 1.82) is 0 Å². The molecule has 0 aromatic heterocycles. The lowest BCUT2D eigenvalue weighted by atomic mass is 9.96. The van der Waals surface area contributed by atoms with E-state index < -0.39 is 34.2 Å². The number of nitrogens with zero attached hydrogens (tertiary/aromatic N) is 3. The molecule has 1 amide bonds. The molecular formula is C21H26F3N3O5. The number of carbonyl (C=O) groups excluding carboxylic acids is 2. The summed E-state index contributed by atoms with van der Waals surface area (Å²) in [5, 5.41) is 11.3. The van der Waals surface area contributed by atoms with Crippen LogP contribution in [0.2, 0.25) is 0 Å². The van der Waals surface area contributed by atoms with Gasteiger partial charge in [0, 0.05) is 32.2 Å². The molecule has 2 heterocycles. The van der Waals surface area contributed by atoms with Crippen molar-refractivity contribution in [2.45, 2.75) is 38.8 Å². The van der Waals surface area contributed by atoms with Gasteiger partial charge < -0.3 is 14.5 Å². The molecule has 3 rings (SSSR count). The highest BCUT2D eigenvalue weighted by Gasteiger charge is 2.35. The standard InChI is InChI=1S/C21H26F3N3O5/c1-14-4-8-26(9-5-14)19(28)13-32-20(29)15-6-10-25(11-7-15)17-3-2-16(21(22,23)24)12-18(17)27(30)31/h2-3,12,14-15H,4-11,13H2,1H3. The van der Waals surface area contributed by atoms with Crippen molar-refractivity contribution in [2.24, 2.45) is 11.8 Å². The van der Waals surface area contributed by atoms with E-state index in [1.165, 1.54) is 0 Å².